The largest absolute Gasteiger partial charge is 0.333 e. The second kappa shape index (κ2) is 27.3. The van der Waals surface area contributed by atoms with Crippen molar-refractivity contribution in [2.45, 2.75) is 45.8 Å². The highest BCUT2D eigenvalue weighted by atomic mass is 79.9. The van der Waals surface area contributed by atoms with Crippen LogP contribution in [0.5, 0.6) is 0 Å². The molecule has 9 rings (SSSR count). The summed E-state index contributed by atoms with van der Waals surface area (Å²) in [7, 11) is 8.39. The summed E-state index contributed by atoms with van der Waals surface area (Å²) >= 11 is 19.0. The van der Waals surface area contributed by atoms with Crippen LogP contribution >= 0.6 is 50.7 Å². The van der Waals surface area contributed by atoms with Crippen molar-refractivity contribution in [3.63, 3.8) is 0 Å². The van der Waals surface area contributed by atoms with E-state index in [0.29, 0.717) is 48.0 Å². The molecule has 6 aromatic heterocycles. The number of carbonyl (C=O) groups is 2. The van der Waals surface area contributed by atoms with E-state index in [-0.39, 0.29) is 46.9 Å². The van der Waals surface area contributed by atoms with E-state index in [1.165, 1.54) is 16.5 Å². The predicted molar refractivity (Wildman–Crippen MR) is 294 cm³/mol. The first kappa shape index (κ1) is 56.3. The Bertz CT molecular complexity index is 3410. The minimum atomic E-state index is -0.370. The third-order valence-electron chi connectivity index (χ3n) is 11.2. The summed E-state index contributed by atoms with van der Waals surface area (Å²) in [5.41, 5.74) is 13.8. The van der Waals surface area contributed by atoms with Crippen LogP contribution in [0.1, 0.15) is 42.0 Å². The summed E-state index contributed by atoms with van der Waals surface area (Å²) in [4.78, 5) is 73.7. The van der Waals surface area contributed by atoms with Gasteiger partial charge in [-0.25, -0.2) is 29.3 Å². The van der Waals surface area contributed by atoms with E-state index in [0.717, 1.165) is 49.8 Å². The van der Waals surface area contributed by atoms with Crippen LogP contribution in [0.4, 0.5) is 5.69 Å². The number of alkyl halides is 2. The first-order valence-electron chi connectivity index (χ1n) is 22.7. The molecule has 6 heterocycles. The molecule has 0 unspecified atom stereocenters. The van der Waals surface area contributed by atoms with Crippen LogP contribution in [-0.4, -0.2) is 79.4 Å². The van der Waals surface area contributed by atoms with Crippen LogP contribution in [0.15, 0.2) is 147 Å². The maximum atomic E-state index is 12.6. The molecule has 0 bridgehead atoms. The van der Waals surface area contributed by atoms with Crippen molar-refractivity contribution in [2.24, 2.45) is 26.9 Å². The number of benzene rings is 3. The van der Waals surface area contributed by atoms with E-state index in [2.05, 4.69) is 49.6 Å². The van der Waals surface area contributed by atoms with Crippen LogP contribution in [0, 0.1) is 0 Å². The van der Waals surface area contributed by atoms with Crippen molar-refractivity contribution < 1.29 is 9.59 Å². The summed E-state index contributed by atoms with van der Waals surface area (Å²) in [5.74, 6) is 0.495. The molecule has 0 saturated heterocycles. The zero-order chi connectivity index (χ0) is 52.5. The molecule has 9 aromatic rings. The van der Waals surface area contributed by atoms with Crippen molar-refractivity contribution in [1.82, 2.24) is 42.4 Å². The summed E-state index contributed by atoms with van der Waals surface area (Å²) < 4.78 is 10.8. The fourth-order valence-electron chi connectivity index (χ4n) is 7.44. The standard InChI is InChI=1S/C18H19ClN4O2.C16H17N3O.C14H12BrN3O.C3H4Cl2O.CH5N/c1-21(16(24)8-9-19)14-10-15-17(20-11-14)22(2)18(25)23(15)12-13-6-4-3-5-7-13;1-3-12-9-14-15(17-10-12)18(2)16(20)19(14)11-13-7-5-4-6-8-13;1-17-13-12(7-11(15)8-16-13)18(14(17)19)9-10-5-3-2-4-6-10;4-2-1-3(5)6;1-2/h3-7,10-11H,8-9,12H2,1-2H3;4-10H,3,11H2,1-2H3;2-8H,9H2,1H3;1-2H2;2H2,1H3. The highest BCUT2D eigenvalue weighted by Gasteiger charge is 2.18. The van der Waals surface area contributed by atoms with Gasteiger partial charge in [-0.15, -0.1) is 23.2 Å². The Balaban J connectivity index is 0.000000188. The quantitative estimate of drug-likeness (QED) is 0.0931. The molecule has 0 aliphatic rings. The number of rotatable bonds is 12. The molecule has 0 fully saturated rings. The average molecular weight is 1100 g/mol. The zero-order valence-corrected chi connectivity index (χ0v) is 44.7. The number of amides is 1. The van der Waals surface area contributed by atoms with Gasteiger partial charge >= 0.3 is 17.1 Å². The molecular formula is C52H57BrCl3N11O5. The summed E-state index contributed by atoms with van der Waals surface area (Å²) in [6.07, 6.45) is 6.58. The fraction of sp³-hybridized carbons (Fsp3) is 0.269. The minimum Gasteiger partial charge on any atom is -0.333 e. The number of nitrogens with two attached hydrogens (primary N) is 1. The van der Waals surface area contributed by atoms with E-state index < -0.39 is 0 Å². The van der Waals surface area contributed by atoms with Gasteiger partial charge in [0.2, 0.25) is 11.1 Å². The minimum absolute atomic E-state index is 0.0235. The first-order chi connectivity index (χ1) is 34.7. The van der Waals surface area contributed by atoms with Crippen molar-refractivity contribution in [2.75, 3.05) is 30.8 Å². The molecule has 3 aromatic carbocycles. The lowest BCUT2D eigenvalue weighted by Gasteiger charge is -2.16. The molecule has 72 heavy (non-hydrogen) atoms. The van der Waals surface area contributed by atoms with E-state index in [4.69, 9.17) is 34.8 Å². The Hall–Kier alpha value is -6.63. The number of aryl methyl sites for hydroxylation is 4. The van der Waals surface area contributed by atoms with Crippen molar-refractivity contribution in [1.29, 1.82) is 0 Å². The van der Waals surface area contributed by atoms with Gasteiger partial charge < -0.3 is 10.6 Å². The Kier molecular flexibility index (Phi) is 21.3. The number of fused-ring (bicyclic) bond motifs is 3. The first-order valence-corrected chi connectivity index (χ1v) is 25.0. The van der Waals surface area contributed by atoms with Gasteiger partial charge in [0.15, 0.2) is 16.9 Å². The Labute approximate surface area is 440 Å². The van der Waals surface area contributed by atoms with Crippen molar-refractivity contribution in [3.8, 4) is 0 Å². The monoisotopic (exact) mass is 1100 g/mol. The lowest BCUT2D eigenvalue weighted by atomic mass is 10.2. The number of hydrogen-bond acceptors (Lipinski definition) is 9. The molecule has 16 nitrogen and oxygen atoms in total. The third-order valence-corrected chi connectivity index (χ3v) is 12.2. The smallest absolute Gasteiger partial charge is 0.330 e. The molecule has 1 amide bonds. The van der Waals surface area contributed by atoms with Gasteiger partial charge in [0.05, 0.1) is 48.1 Å². The summed E-state index contributed by atoms with van der Waals surface area (Å²) in [6.45, 7) is 3.66. The van der Waals surface area contributed by atoms with Crippen LogP contribution in [-0.2, 0) is 56.8 Å². The molecule has 2 N–H and O–H groups in total. The molecular weight excluding hydrogens is 1040 g/mol. The normalized spacial score (nSPS) is 10.6. The van der Waals surface area contributed by atoms with Gasteiger partial charge in [0, 0.05) is 69.7 Å². The maximum absolute atomic E-state index is 12.6. The molecule has 0 aliphatic carbocycles. The molecule has 0 radical (unpaired) electrons. The van der Waals surface area contributed by atoms with Gasteiger partial charge in [0.25, 0.3) is 0 Å². The fourth-order valence-corrected chi connectivity index (χ4v) is 8.28. The van der Waals surface area contributed by atoms with Crippen LogP contribution in [0.3, 0.4) is 0 Å². The number of halogens is 4. The molecule has 20 heteroatoms. The van der Waals surface area contributed by atoms with Gasteiger partial charge in [-0.1, -0.05) is 97.9 Å². The molecule has 0 saturated carbocycles. The highest BCUT2D eigenvalue weighted by molar-refractivity contribution is 9.10. The number of imidazole rings is 3. The van der Waals surface area contributed by atoms with Crippen LogP contribution in [0.25, 0.3) is 33.5 Å². The SMILES string of the molecule is CCc1cnc2c(c1)n(Cc1ccccc1)c(=O)n2C.CN.CN(C(=O)CCCl)c1cnc2c(c1)n(Cc1ccccc1)c(=O)n2C.Cn1c(=O)n(Cc2ccccc2)c2cc(Br)cnc21.O=C(Cl)CCCl. The Morgan fingerprint density at radius 3 is 1.32 bits per heavy atom. The van der Waals surface area contributed by atoms with E-state index in [1.807, 2.05) is 109 Å². The number of anilines is 1. The number of hydrogen-bond donors (Lipinski definition) is 1. The number of nitrogens with zero attached hydrogens (tertiary/aromatic N) is 10. The zero-order valence-electron chi connectivity index (χ0n) is 40.9. The van der Waals surface area contributed by atoms with Gasteiger partial charge in [-0.2, -0.15) is 0 Å². The van der Waals surface area contributed by atoms with Crippen molar-refractivity contribution in [3.05, 3.63) is 186 Å². The molecule has 0 spiro atoms. The molecule has 0 aliphatic heterocycles. The Morgan fingerprint density at radius 1 is 0.569 bits per heavy atom. The lowest BCUT2D eigenvalue weighted by Crippen LogP contribution is -2.26. The van der Waals surface area contributed by atoms with E-state index in [9.17, 15) is 24.0 Å². The topological polar surface area (TPSA) is 183 Å². The van der Waals surface area contributed by atoms with Gasteiger partial charge in [0.1, 0.15) is 0 Å². The van der Waals surface area contributed by atoms with Gasteiger partial charge in [-0.05, 0) is 81.5 Å². The second-order valence-electron chi connectivity index (χ2n) is 16.0. The third kappa shape index (κ3) is 14.1. The number of carbonyl (C=O) groups excluding carboxylic acids is 2. The molecule has 378 valence electrons. The van der Waals surface area contributed by atoms with Crippen LogP contribution in [0.2, 0.25) is 0 Å². The highest BCUT2D eigenvalue weighted by Crippen LogP contribution is 2.21. The Morgan fingerprint density at radius 2 is 0.944 bits per heavy atom. The van der Waals surface area contributed by atoms with Crippen LogP contribution < -0.4 is 27.7 Å². The van der Waals surface area contributed by atoms with Gasteiger partial charge in [-0.3, -0.25) is 37.0 Å². The number of aromatic nitrogens is 9. The maximum Gasteiger partial charge on any atom is 0.330 e. The van der Waals surface area contributed by atoms with E-state index >= 15 is 0 Å². The average Bonchev–Trinajstić information content (AvgIpc) is 3.88. The second-order valence-corrected chi connectivity index (χ2v) is 18.1. The number of pyridine rings is 3. The van der Waals surface area contributed by atoms with E-state index in [1.54, 1.807) is 63.4 Å². The summed E-state index contributed by atoms with van der Waals surface area (Å²) in [6, 6.07) is 35.5. The molecule has 0 atom stereocenters. The lowest BCUT2D eigenvalue weighted by molar-refractivity contribution is -0.118. The predicted octanol–water partition coefficient (Wildman–Crippen LogP) is 8.22. The van der Waals surface area contributed by atoms with Crippen molar-refractivity contribution >= 4 is 101 Å². The summed E-state index contributed by atoms with van der Waals surface area (Å²) in [5, 5.41) is -0.370.